The van der Waals surface area contributed by atoms with Crippen molar-refractivity contribution in [3.63, 3.8) is 0 Å². The molecular weight excluding hydrogens is 178 g/mol. The first kappa shape index (κ1) is 10.4. The molecule has 2 aliphatic rings. The van der Waals surface area contributed by atoms with E-state index < -0.39 is 0 Å². The van der Waals surface area contributed by atoms with Crippen molar-refractivity contribution in [2.24, 2.45) is 5.92 Å². The van der Waals surface area contributed by atoms with Crippen LogP contribution in [0.5, 0.6) is 0 Å². The van der Waals surface area contributed by atoms with Crippen LogP contribution in [0, 0.1) is 5.92 Å². The van der Waals surface area contributed by atoms with Crippen LogP contribution in [0.25, 0.3) is 0 Å². The van der Waals surface area contributed by atoms with Crippen LogP contribution in [0.1, 0.15) is 32.6 Å². The van der Waals surface area contributed by atoms with Crippen LogP contribution in [0.15, 0.2) is 0 Å². The molecule has 1 aliphatic carbocycles. The van der Waals surface area contributed by atoms with Gasteiger partial charge in [-0.2, -0.15) is 0 Å². The quantitative estimate of drug-likeness (QED) is 0.710. The van der Waals surface area contributed by atoms with Gasteiger partial charge in [0.2, 0.25) is 0 Å². The summed E-state index contributed by atoms with van der Waals surface area (Å²) >= 11 is 0. The van der Waals surface area contributed by atoms with Crippen molar-refractivity contribution in [3.8, 4) is 0 Å². The van der Waals surface area contributed by atoms with E-state index in [4.69, 9.17) is 4.74 Å². The first-order valence-electron chi connectivity index (χ1n) is 5.80. The van der Waals surface area contributed by atoms with Crippen molar-refractivity contribution < 1.29 is 9.84 Å². The van der Waals surface area contributed by atoms with Gasteiger partial charge in [-0.1, -0.05) is 0 Å². The molecule has 1 aliphatic heterocycles. The fourth-order valence-electron chi connectivity index (χ4n) is 2.53. The lowest BCUT2D eigenvalue weighted by Gasteiger charge is -2.20. The van der Waals surface area contributed by atoms with E-state index in [9.17, 15) is 5.11 Å². The molecule has 0 bridgehead atoms. The van der Waals surface area contributed by atoms with Crippen molar-refractivity contribution in [1.82, 2.24) is 5.32 Å². The molecule has 4 unspecified atom stereocenters. The van der Waals surface area contributed by atoms with Crippen molar-refractivity contribution in [2.45, 2.75) is 50.9 Å². The number of hydrogen-bond donors (Lipinski definition) is 2. The smallest absolute Gasteiger partial charge is 0.0693 e. The van der Waals surface area contributed by atoms with Gasteiger partial charge in [-0.05, 0) is 38.5 Å². The first-order valence-corrected chi connectivity index (χ1v) is 5.80. The lowest BCUT2D eigenvalue weighted by molar-refractivity contribution is 0.100. The minimum atomic E-state index is -0.118. The molecule has 1 saturated heterocycles. The van der Waals surface area contributed by atoms with Gasteiger partial charge in [0.25, 0.3) is 0 Å². The maximum Gasteiger partial charge on any atom is 0.0693 e. The van der Waals surface area contributed by atoms with E-state index in [0.717, 1.165) is 38.8 Å². The van der Waals surface area contributed by atoms with E-state index >= 15 is 0 Å². The summed E-state index contributed by atoms with van der Waals surface area (Å²) in [7, 11) is 0. The summed E-state index contributed by atoms with van der Waals surface area (Å²) in [5.74, 6) is 0.641. The molecule has 3 nitrogen and oxygen atoms in total. The third-order valence-corrected chi connectivity index (χ3v) is 3.65. The second-order valence-electron chi connectivity index (χ2n) is 4.64. The minimum absolute atomic E-state index is 0.118. The highest BCUT2D eigenvalue weighted by Gasteiger charge is 2.28. The van der Waals surface area contributed by atoms with Crippen LogP contribution < -0.4 is 5.32 Å². The van der Waals surface area contributed by atoms with E-state index in [1.54, 1.807) is 0 Å². The maximum atomic E-state index is 9.64. The highest BCUT2D eigenvalue weighted by atomic mass is 16.5. The Balaban J connectivity index is 1.71. The summed E-state index contributed by atoms with van der Waals surface area (Å²) in [5, 5.41) is 13.1. The first-order chi connectivity index (χ1) is 6.77. The van der Waals surface area contributed by atoms with Gasteiger partial charge >= 0.3 is 0 Å². The van der Waals surface area contributed by atoms with Crippen LogP contribution in [0.4, 0.5) is 0 Å². The van der Waals surface area contributed by atoms with Gasteiger partial charge in [-0.25, -0.2) is 0 Å². The van der Waals surface area contributed by atoms with E-state index in [-0.39, 0.29) is 6.10 Å². The topological polar surface area (TPSA) is 41.5 Å². The summed E-state index contributed by atoms with van der Waals surface area (Å²) in [6.45, 7) is 4.05. The molecule has 2 N–H and O–H groups in total. The van der Waals surface area contributed by atoms with Crippen molar-refractivity contribution in [3.05, 3.63) is 0 Å². The number of rotatable bonds is 3. The van der Waals surface area contributed by atoms with Crippen LogP contribution in [0.2, 0.25) is 0 Å². The van der Waals surface area contributed by atoms with E-state index in [1.165, 1.54) is 0 Å². The molecule has 1 heterocycles. The third kappa shape index (κ3) is 2.27. The van der Waals surface area contributed by atoms with Crippen LogP contribution in [0.3, 0.4) is 0 Å². The number of ether oxygens (including phenoxy) is 1. The number of aliphatic hydroxyl groups excluding tert-OH is 1. The molecule has 0 aromatic heterocycles. The predicted octanol–water partition coefficient (Wildman–Crippen LogP) is 0.914. The molecule has 0 amide bonds. The molecule has 0 aromatic carbocycles. The molecule has 3 heteroatoms. The zero-order valence-corrected chi connectivity index (χ0v) is 8.91. The van der Waals surface area contributed by atoms with Gasteiger partial charge in [0.05, 0.1) is 12.2 Å². The molecule has 2 rings (SSSR count). The Morgan fingerprint density at radius 2 is 2.21 bits per heavy atom. The third-order valence-electron chi connectivity index (χ3n) is 3.65. The van der Waals surface area contributed by atoms with Crippen molar-refractivity contribution >= 4 is 0 Å². The SMILES string of the molecule is CC1OCCC1CNC1CCCC1O. The number of nitrogens with one attached hydrogen (secondary N) is 1. The molecule has 14 heavy (non-hydrogen) atoms. The highest BCUT2D eigenvalue weighted by molar-refractivity contribution is 4.84. The normalized spacial score (nSPS) is 43.3. The van der Waals surface area contributed by atoms with Crippen molar-refractivity contribution in [2.75, 3.05) is 13.2 Å². The zero-order chi connectivity index (χ0) is 9.97. The second kappa shape index (κ2) is 4.60. The lowest BCUT2D eigenvalue weighted by Crippen LogP contribution is -2.39. The maximum absolute atomic E-state index is 9.64. The Morgan fingerprint density at radius 1 is 1.36 bits per heavy atom. The van der Waals surface area contributed by atoms with E-state index in [2.05, 4.69) is 12.2 Å². The molecule has 0 spiro atoms. The molecule has 1 saturated carbocycles. The lowest BCUT2D eigenvalue weighted by atomic mass is 10.0. The second-order valence-corrected chi connectivity index (χ2v) is 4.64. The van der Waals surface area contributed by atoms with E-state index in [1.807, 2.05) is 0 Å². The Morgan fingerprint density at radius 3 is 2.79 bits per heavy atom. The average Bonchev–Trinajstić information content (AvgIpc) is 2.72. The summed E-state index contributed by atoms with van der Waals surface area (Å²) in [5.41, 5.74) is 0. The molecule has 0 radical (unpaired) electrons. The van der Waals surface area contributed by atoms with Gasteiger partial charge in [0.1, 0.15) is 0 Å². The van der Waals surface area contributed by atoms with Gasteiger partial charge < -0.3 is 15.2 Å². The zero-order valence-electron chi connectivity index (χ0n) is 8.91. The standard InChI is InChI=1S/C11H21NO2/c1-8-9(5-6-14-8)7-12-10-3-2-4-11(10)13/h8-13H,2-7H2,1H3. The monoisotopic (exact) mass is 199 g/mol. The van der Waals surface area contributed by atoms with Gasteiger partial charge in [-0.15, -0.1) is 0 Å². The van der Waals surface area contributed by atoms with Gasteiger partial charge in [-0.3, -0.25) is 0 Å². The van der Waals surface area contributed by atoms with Crippen molar-refractivity contribution in [1.29, 1.82) is 0 Å². The summed E-state index contributed by atoms with van der Waals surface area (Å²) < 4.78 is 5.50. The fraction of sp³-hybridized carbons (Fsp3) is 1.00. The molecule has 2 fully saturated rings. The fourth-order valence-corrected chi connectivity index (χ4v) is 2.53. The van der Waals surface area contributed by atoms with Crippen LogP contribution >= 0.6 is 0 Å². The molecular formula is C11H21NO2. The highest BCUT2D eigenvalue weighted by Crippen LogP contribution is 2.22. The minimum Gasteiger partial charge on any atom is -0.392 e. The summed E-state index contributed by atoms with van der Waals surface area (Å²) in [6, 6.07) is 0.336. The predicted molar refractivity (Wildman–Crippen MR) is 55.2 cm³/mol. The Kier molecular flexibility index (Phi) is 3.42. The Hall–Kier alpha value is -0.120. The van der Waals surface area contributed by atoms with E-state index in [0.29, 0.717) is 18.1 Å². The summed E-state index contributed by atoms with van der Waals surface area (Å²) in [4.78, 5) is 0. The summed E-state index contributed by atoms with van der Waals surface area (Å²) in [6.07, 6.45) is 4.69. The Labute approximate surface area is 85.8 Å². The largest absolute Gasteiger partial charge is 0.392 e. The van der Waals surface area contributed by atoms with Gasteiger partial charge in [0.15, 0.2) is 0 Å². The van der Waals surface area contributed by atoms with Gasteiger partial charge in [0, 0.05) is 19.2 Å². The average molecular weight is 199 g/mol. The number of hydrogen-bond acceptors (Lipinski definition) is 3. The Bertz CT molecular complexity index is 166. The molecule has 0 aromatic rings. The van der Waals surface area contributed by atoms with Crippen LogP contribution in [-0.2, 0) is 4.74 Å². The number of aliphatic hydroxyl groups is 1. The van der Waals surface area contributed by atoms with Crippen LogP contribution in [-0.4, -0.2) is 36.5 Å². The molecule has 82 valence electrons. The molecule has 4 atom stereocenters.